The second-order valence-corrected chi connectivity index (χ2v) is 4.79. The number of hydrogen-bond acceptors (Lipinski definition) is 3. The van der Waals surface area contributed by atoms with E-state index < -0.39 is 0 Å². The van der Waals surface area contributed by atoms with Gasteiger partial charge in [0.1, 0.15) is 6.61 Å². The van der Waals surface area contributed by atoms with Crippen LogP contribution in [0.1, 0.15) is 24.8 Å². The highest BCUT2D eigenvalue weighted by Crippen LogP contribution is 2.35. The van der Waals surface area contributed by atoms with Crippen LogP contribution in [-0.2, 0) is 20.9 Å². The Hall–Kier alpha value is -1.84. The lowest BCUT2D eigenvalue weighted by molar-refractivity contribution is -0.148. The molecule has 1 aliphatic carbocycles. The molecular weight excluding hydrogens is 230 g/mol. The van der Waals surface area contributed by atoms with Crippen LogP contribution in [0.4, 0.5) is 0 Å². The molecule has 4 heteroatoms. The Labute approximate surface area is 106 Å². The van der Waals surface area contributed by atoms with Crippen molar-refractivity contribution < 1.29 is 14.3 Å². The highest BCUT2D eigenvalue weighted by atomic mass is 16.5. The van der Waals surface area contributed by atoms with Crippen LogP contribution in [-0.4, -0.2) is 11.9 Å². The Morgan fingerprint density at radius 1 is 1.22 bits per heavy atom. The minimum atomic E-state index is -0.260. The largest absolute Gasteiger partial charge is 0.461 e. The molecule has 1 amide bonds. The van der Waals surface area contributed by atoms with Gasteiger partial charge < -0.3 is 10.5 Å². The summed E-state index contributed by atoms with van der Waals surface area (Å²) in [5, 5.41) is 0. The topological polar surface area (TPSA) is 69.4 Å². The molecule has 4 nitrogen and oxygen atoms in total. The van der Waals surface area contributed by atoms with Crippen molar-refractivity contribution in [1.29, 1.82) is 0 Å². The highest BCUT2D eigenvalue weighted by molar-refractivity contribution is 5.78. The molecule has 0 aromatic heterocycles. The molecule has 0 unspecified atom stereocenters. The number of ether oxygens (including phenoxy) is 1. The van der Waals surface area contributed by atoms with Gasteiger partial charge in [-0.25, -0.2) is 0 Å². The minimum Gasteiger partial charge on any atom is -0.461 e. The molecule has 2 rings (SSSR count). The minimum absolute atomic E-state index is 0.0445. The van der Waals surface area contributed by atoms with Crippen molar-refractivity contribution in [2.45, 2.75) is 25.9 Å². The van der Waals surface area contributed by atoms with E-state index in [1.807, 2.05) is 30.3 Å². The van der Waals surface area contributed by atoms with Gasteiger partial charge in [0.05, 0.1) is 0 Å². The van der Waals surface area contributed by atoms with Crippen molar-refractivity contribution in [3.8, 4) is 0 Å². The lowest BCUT2D eigenvalue weighted by atomic mass is 9.73. The molecule has 0 spiro atoms. The van der Waals surface area contributed by atoms with Crippen LogP contribution < -0.4 is 5.73 Å². The van der Waals surface area contributed by atoms with Gasteiger partial charge in [-0.15, -0.1) is 0 Å². The Kier molecular flexibility index (Phi) is 3.97. The van der Waals surface area contributed by atoms with Gasteiger partial charge in [-0.2, -0.15) is 0 Å². The average Bonchev–Trinajstić information content (AvgIpc) is 2.31. The van der Waals surface area contributed by atoms with Gasteiger partial charge >= 0.3 is 5.97 Å². The number of benzene rings is 1. The van der Waals surface area contributed by atoms with Gasteiger partial charge in [0, 0.05) is 12.3 Å². The lowest BCUT2D eigenvalue weighted by Crippen LogP contribution is -2.36. The molecule has 1 aliphatic rings. The van der Waals surface area contributed by atoms with Crippen molar-refractivity contribution in [3.05, 3.63) is 35.9 Å². The quantitative estimate of drug-likeness (QED) is 0.804. The van der Waals surface area contributed by atoms with Gasteiger partial charge in [0.15, 0.2) is 0 Å². The molecule has 0 saturated heterocycles. The van der Waals surface area contributed by atoms with Crippen molar-refractivity contribution in [3.63, 3.8) is 0 Å². The first-order valence-electron chi connectivity index (χ1n) is 6.14. The number of nitrogens with two attached hydrogens (primary N) is 1. The molecule has 1 saturated carbocycles. The third-order valence-corrected chi connectivity index (χ3v) is 3.34. The Morgan fingerprint density at radius 2 is 1.89 bits per heavy atom. The summed E-state index contributed by atoms with van der Waals surface area (Å²) in [7, 11) is 0. The summed E-state index contributed by atoms with van der Waals surface area (Å²) >= 11 is 0. The van der Waals surface area contributed by atoms with Gasteiger partial charge in [-0.3, -0.25) is 9.59 Å². The van der Waals surface area contributed by atoms with E-state index in [2.05, 4.69) is 0 Å². The summed E-state index contributed by atoms with van der Waals surface area (Å²) in [4.78, 5) is 22.4. The molecule has 0 aliphatic heterocycles. The smallest absolute Gasteiger partial charge is 0.306 e. The van der Waals surface area contributed by atoms with Gasteiger partial charge in [0.25, 0.3) is 0 Å². The number of carbonyl (C=O) groups is 2. The first-order chi connectivity index (χ1) is 8.65. The van der Waals surface area contributed by atoms with Crippen LogP contribution in [0.3, 0.4) is 0 Å². The molecule has 1 aromatic rings. The number of rotatable bonds is 5. The Morgan fingerprint density at radius 3 is 2.50 bits per heavy atom. The monoisotopic (exact) mass is 247 g/mol. The number of carbonyl (C=O) groups excluding carboxylic acids is 2. The number of primary amides is 1. The summed E-state index contributed by atoms with van der Waals surface area (Å²) < 4.78 is 5.18. The van der Waals surface area contributed by atoms with Crippen LogP contribution >= 0.6 is 0 Å². The van der Waals surface area contributed by atoms with Crippen molar-refractivity contribution in [1.82, 2.24) is 0 Å². The molecule has 0 radical (unpaired) electrons. The molecule has 0 heterocycles. The fourth-order valence-electron chi connectivity index (χ4n) is 2.17. The van der Waals surface area contributed by atoms with Crippen molar-refractivity contribution in [2.75, 3.05) is 0 Å². The fourth-order valence-corrected chi connectivity index (χ4v) is 2.17. The summed E-state index contributed by atoms with van der Waals surface area (Å²) in [5.41, 5.74) is 6.15. The van der Waals surface area contributed by atoms with Crippen LogP contribution in [0.5, 0.6) is 0 Å². The third-order valence-electron chi connectivity index (χ3n) is 3.34. The maximum absolute atomic E-state index is 11.6. The van der Waals surface area contributed by atoms with Crippen LogP contribution in [0.15, 0.2) is 30.3 Å². The van der Waals surface area contributed by atoms with E-state index in [1.54, 1.807) is 0 Å². The van der Waals surface area contributed by atoms with E-state index in [1.165, 1.54) is 0 Å². The predicted octanol–water partition coefficient (Wildman–Crippen LogP) is 1.63. The van der Waals surface area contributed by atoms with E-state index in [0.717, 1.165) is 18.4 Å². The van der Waals surface area contributed by atoms with E-state index in [4.69, 9.17) is 10.5 Å². The highest BCUT2D eigenvalue weighted by Gasteiger charge is 2.34. The normalized spacial score (nSPS) is 22.0. The van der Waals surface area contributed by atoms with E-state index >= 15 is 0 Å². The molecule has 1 aromatic carbocycles. The first-order valence-corrected chi connectivity index (χ1v) is 6.14. The number of esters is 1. The SMILES string of the molecule is NC(=O)C1CC(CC(=O)OCc2ccccc2)C1. The first kappa shape index (κ1) is 12.6. The second kappa shape index (κ2) is 5.67. The fraction of sp³-hybridized carbons (Fsp3) is 0.429. The second-order valence-electron chi connectivity index (χ2n) is 4.79. The molecule has 0 atom stereocenters. The molecular formula is C14H17NO3. The molecule has 2 N–H and O–H groups in total. The molecule has 1 fully saturated rings. The van der Waals surface area contributed by atoms with Crippen LogP contribution in [0.25, 0.3) is 0 Å². The Balaban J connectivity index is 1.66. The van der Waals surface area contributed by atoms with Crippen molar-refractivity contribution >= 4 is 11.9 Å². The maximum Gasteiger partial charge on any atom is 0.306 e. The predicted molar refractivity (Wildman–Crippen MR) is 66.3 cm³/mol. The average molecular weight is 247 g/mol. The zero-order valence-corrected chi connectivity index (χ0v) is 10.2. The van der Waals surface area contributed by atoms with Gasteiger partial charge in [-0.05, 0) is 24.3 Å². The summed E-state index contributed by atoms with van der Waals surface area (Å²) in [5.74, 6) is -0.252. The number of hydrogen-bond donors (Lipinski definition) is 1. The lowest BCUT2D eigenvalue weighted by Gasteiger charge is -2.32. The van der Waals surface area contributed by atoms with Crippen molar-refractivity contribution in [2.24, 2.45) is 17.6 Å². The van der Waals surface area contributed by atoms with Gasteiger partial charge in [-0.1, -0.05) is 30.3 Å². The third kappa shape index (κ3) is 3.32. The van der Waals surface area contributed by atoms with E-state index in [0.29, 0.717) is 13.0 Å². The zero-order valence-electron chi connectivity index (χ0n) is 10.2. The molecule has 18 heavy (non-hydrogen) atoms. The standard InChI is InChI=1S/C14H17NO3/c15-14(17)12-6-11(7-12)8-13(16)18-9-10-4-2-1-3-5-10/h1-5,11-12H,6-9H2,(H2,15,17). The van der Waals surface area contributed by atoms with Crippen LogP contribution in [0, 0.1) is 11.8 Å². The maximum atomic E-state index is 11.6. The van der Waals surface area contributed by atoms with E-state index in [-0.39, 0.29) is 23.7 Å². The Bertz CT molecular complexity index is 424. The summed E-state index contributed by atoms with van der Waals surface area (Å²) in [6.45, 7) is 0.311. The van der Waals surface area contributed by atoms with Gasteiger partial charge in [0.2, 0.25) is 5.91 Å². The van der Waals surface area contributed by atoms with Crippen LogP contribution in [0.2, 0.25) is 0 Å². The zero-order chi connectivity index (χ0) is 13.0. The summed E-state index contributed by atoms with van der Waals surface area (Å²) in [6, 6.07) is 9.57. The molecule has 0 bridgehead atoms. The van der Waals surface area contributed by atoms with E-state index in [9.17, 15) is 9.59 Å². The summed E-state index contributed by atoms with van der Waals surface area (Å²) in [6.07, 6.45) is 1.82. The molecule has 96 valence electrons. The number of amides is 1.